The molecule has 0 radical (unpaired) electrons. The van der Waals surface area contributed by atoms with Crippen LogP contribution in [0.3, 0.4) is 0 Å². The van der Waals surface area contributed by atoms with Crippen LogP contribution in [0.2, 0.25) is 0 Å². The molecule has 0 aromatic rings. The van der Waals surface area contributed by atoms with Crippen LogP contribution in [0.15, 0.2) is 0 Å². The molecule has 1 rings (SSSR count). The number of carbonyl (C=O) groups excluding carboxylic acids is 1. The van der Waals surface area contributed by atoms with Crippen molar-refractivity contribution in [2.24, 2.45) is 5.92 Å². The third kappa shape index (κ3) is 4.58. The summed E-state index contributed by atoms with van der Waals surface area (Å²) in [7, 11) is 0. The normalized spacial score (nSPS) is 22.9. The van der Waals surface area contributed by atoms with Gasteiger partial charge in [0, 0.05) is 32.2 Å². The SMILES string of the molecule is CCOC1CC(CC(=O)N(CCCO)C(C)C)C1. The molecule has 1 fully saturated rings. The minimum Gasteiger partial charge on any atom is -0.396 e. The molecular weight excluding hydrogens is 230 g/mol. The monoisotopic (exact) mass is 257 g/mol. The first-order valence-corrected chi connectivity index (χ1v) is 7.10. The van der Waals surface area contributed by atoms with E-state index in [4.69, 9.17) is 9.84 Å². The fourth-order valence-corrected chi connectivity index (χ4v) is 2.49. The Morgan fingerprint density at radius 1 is 1.44 bits per heavy atom. The summed E-state index contributed by atoms with van der Waals surface area (Å²) < 4.78 is 5.50. The van der Waals surface area contributed by atoms with Gasteiger partial charge in [0.05, 0.1) is 6.10 Å². The lowest BCUT2D eigenvalue weighted by Crippen LogP contribution is -2.41. The van der Waals surface area contributed by atoms with Crippen molar-refractivity contribution in [3.8, 4) is 0 Å². The van der Waals surface area contributed by atoms with E-state index in [1.54, 1.807) is 0 Å². The highest BCUT2D eigenvalue weighted by Gasteiger charge is 2.32. The highest BCUT2D eigenvalue weighted by atomic mass is 16.5. The van der Waals surface area contributed by atoms with Gasteiger partial charge in [0.1, 0.15) is 0 Å². The molecule has 4 nitrogen and oxygen atoms in total. The van der Waals surface area contributed by atoms with Crippen molar-refractivity contribution in [1.29, 1.82) is 0 Å². The van der Waals surface area contributed by atoms with Crippen molar-refractivity contribution < 1.29 is 14.6 Å². The summed E-state index contributed by atoms with van der Waals surface area (Å²) in [5, 5.41) is 8.86. The molecule has 0 spiro atoms. The van der Waals surface area contributed by atoms with E-state index >= 15 is 0 Å². The molecule has 1 N–H and O–H groups in total. The predicted molar refractivity (Wildman–Crippen MR) is 71.3 cm³/mol. The molecule has 1 saturated carbocycles. The first kappa shape index (κ1) is 15.4. The van der Waals surface area contributed by atoms with E-state index in [-0.39, 0.29) is 18.6 Å². The Bertz CT molecular complexity index is 249. The lowest BCUT2D eigenvalue weighted by molar-refractivity contribution is -0.136. The van der Waals surface area contributed by atoms with E-state index in [1.165, 1.54) is 0 Å². The Kier molecular flexibility index (Phi) is 6.65. The number of amides is 1. The third-order valence-corrected chi connectivity index (χ3v) is 3.56. The van der Waals surface area contributed by atoms with Crippen molar-refractivity contribution in [2.45, 2.75) is 58.6 Å². The van der Waals surface area contributed by atoms with Gasteiger partial charge in [-0.15, -0.1) is 0 Å². The van der Waals surface area contributed by atoms with E-state index < -0.39 is 0 Å². The van der Waals surface area contributed by atoms with Crippen molar-refractivity contribution >= 4 is 5.91 Å². The quantitative estimate of drug-likeness (QED) is 0.721. The zero-order valence-electron chi connectivity index (χ0n) is 11.9. The van der Waals surface area contributed by atoms with Gasteiger partial charge in [-0.05, 0) is 46.0 Å². The van der Waals surface area contributed by atoms with Crippen LogP contribution in [0.5, 0.6) is 0 Å². The minimum atomic E-state index is 0.145. The first-order valence-electron chi connectivity index (χ1n) is 7.10. The van der Waals surface area contributed by atoms with Crippen LogP contribution in [-0.4, -0.2) is 47.8 Å². The zero-order valence-corrected chi connectivity index (χ0v) is 11.9. The molecule has 0 saturated heterocycles. The maximum atomic E-state index is 12.2. The Labute approximate surface area is 110 Å². The average Bonchev–Trinajstić information content (AvgIpc) is 2.26. The van der Waals surface area contributed by atoms with Gasteiger partial charge in [-0.3, -0.25) is 4.79 Å². The van der Waals surface area contributed by atoms with Crippen molar-refractivity contribution in [2.75, 3.05) is 19.8 Å². The standard InChI is InChI=1S/C14H27NO3/c1-4-18-13-8-12(9-13)10-14(17)15(11(2)3)6-5-7-16/h11-13,16H,4-10H2,1-3H3. The summed E-state index contributed by atoms with van der Waals surface area (Å²) in [6.45, 7) is 7.63. The largest absolute Gasteiger partial charge is 0.396 e. The number of carbonyl (C=O) groups is 1. The Hall–Kier alpha value is -0.610. The first-order chi connectivity index (χ1) is 8.58. The van der Waals surface area contributed by atoms with Gasteiger partial charge in [0.15, 0.2) is 0 Å². The molecule has 0 heterocycles. The van der Waals surface area contributed by atoms with Gasteiger partial charge in [0.2, 0.25) is 5.91 Å². The molecule has 0 bridgehead atoms. The summed E-state index contributed by atoms with van der Waals surface area (Å²) in [6, 6.07) is 0.215. The lowest BCUT2D eigenvalue weighted by atomic mass is 9.79. The molecular formula is C14H27NO3. The third-order valence-electron chi connectivity index (χ3n) is 3.56. The Balaban J connectivity index is 2.29. The van der Waals surface area contributed by atoms with Crippen molar-refractivity contribution in [3.63, 3.8) is 0 Å². The number of hydrogen-bond acceptors (Lipinski definition) is 3. The molecule has 0 unspecified atom stereocenters. The maximum absolute atomic E-state index is 12.2. The zero-order chi connectivity index (χ0) is 13.5. The van der Waals surface area contributed by atoms with Crippen LogP contribution in [0, 0.1) is 5.92 Å². The number of aliphatic hydroxyl groups excluding tert-OH is 1. The molecule has 0 aromatic carbocycles. The molecule has 1 amide bonds. The average molecular weight is 257 g/mol. The van der Waals surface area contributed by atoms with Gasteiger partial charge in [-0.2, -0.15) is 0 Å². The summed E-state index contributed by atoms with van der Waals surface area (Å²) in [4.78, 5) is 14.0. The van der Waals surface area contributed by atoms with Crippen molar-refractivity contribution in [1.82, 2.24) is 4.90 Å². The molecule has 18 heavy (non-hydrogen) atoms. The van der Waals surface area contributed by atoms with Crippen LogP contribution >= 0.6 is 0 Å². The molecule has 4 heteroatoms. The van der Waals surface area contributed by atoms with E-state index in [2.05, 4.69) is 0 Å². The number of rotatable bonds is 8. The van der Waals surface area contributed by atoms with Crippen LogP contribution in [0.1, 0.15) is 46.5 Å². The molecule has 1 aliphatic carbocycles. The second-order valence-electron chi connectivity index (χ2n) is 5.38. The number of nitrogens with zero attached hydrogens (tertiary/aromatic N) is 1. The van der Waals surface area contributed by atoms with Crippen LogP contribution in [0.4, 0.5) is 0 Å². The van der Waals surface area contributed by atoms with Gasteiger partial charge in [-0.25, -0.2) is 0 Å². The van der Waals surface area contributed by atoms with E-state index in [1.807, 2.05) is 25.7 Å². The smallest absolute Gasteiger partial charge is 0.223 e. The molecule has 0 aromatic heterocycles. The van der Waals surface area contributed by atoms with Gasteiger partial charge in [-0.1, -0.05) is 0 Å². The molecule has 1 aliphatic rings. The molecule has 0 atom stereocenters. The van der Waals surface area contributed by atoms with E-state index in [0.717, 1.165) is 19.4 Å². The fraction of sp³-hybridized carbons (Fsp3) is 0.929. The summed E-state index contributed by atoms with van der Waals surface area (Å²) in [5.41, 5.74) is 0. The van der Waals surface area contributed by atoms with Gasteiger partial charge in [0.25, 0.3) is 0 Å². The maximum Gasteiger partial charge on any atom is 0.223 e. The molecule has 106 valence electrons. The topological polar surface area (TPSA) is 49.8 Å². The van der Waals surface area contributed by atoms with Crippen LogP contribution in [0.25, 0.3) is 0 Å². The van der Waals surface area contributed by atoms with E-state index in [0.29, 0.717) is 31.4 Å². The van der Waals surface area contributed by atoms with Gasteiger partial charge >= 0.3 is 0 Å². The highest BCUT2D eigenvalue weighted by Crippen LogP contribution is 2.33. The fourth-order valence-electron chi connectivity index (χ4n) is 2.49. The number of ether oxygens (including phenoxy) is 1. The highest BCUT2D eigenvalue weighted by molar-refractivity contribution is 5.76. The van der Waals surface area contributed by atoms with Crippen LogP contribution in [-0.2, 0) is 9.53 Å². The number of hydrogen-bond donors (Lipinski definition) is 1. The second-order valence-corrected chi connectivity index (χ2v) is 5.38. The lowest BCUT2D eigenvalue weighted by Gasteiger charge is -2.36. The number of aliphatic hydroxyl groups is 1. The van der Waals surface area contributed by atoms with Crippen LogP contribution < -0.4 is 0 Å². The second kappa shape index (κ2) is 7.74. The minimum absolute atomic E-state index is 0.145. The summed E-state index contributed by atoms with van der Waals surface area (Å²) >= 11 is 0. The summed E-state index contributed by atoms with van der Waals surface area (Å²) in [5.74, 6) is 0.711. The van der Waals surface area contributed by atoms with Crippen molar-refractivity contribution in [3.05, 3.63) is 0 Å². The van der Waals surface area contributed by atoms with E-state index in [9.17, 15) is 4.79 Å². The predicted octanol–water partition coefficient (Wildman–Crippen LogP) is 1.81. The molecule has 0 aliphatic heterocycles. The summed E-state index contributed by atoms with van der Waals surface area (Å²) in [6.07, 6.45) is 3.71. The Morgan fingerprint density at radius 2 is 2.11 bits per heavy atom. The Morgan fingerprint density at radius 3 is 2.61 bits per heavy atom. The van der Waals surface area contributed by atoms with Gasteiger partial charge < -0.3 is 14.7 Å².